The molecule has 110 valence electrons. The highest BCUT2D eigenvalue weighted by Crippen LogP contribution is 2.25. The van der Waals surface area contributed by atoms with Crippen LogP contribution in [0.1, 0.15) is 32.3 Å². The summed E-state index contributed by atoms with van der Waals surface area (Å²) in [5.74, 6) is 1.39. The zero-order valence-electron chi connectivity index (χ0n) is 12.0. The molecule has 0 unspecified atom stereocenters. The number of anilines is 1. The van der Waals surface area contributed by atoms with Crippen molar-refractivity contribution in [1.82, 2.24) is 5.32 Å². The molecule has 1 heterocycles. The molecule has 4 nitrogen and oxygen atoms in total. The topological polar surface area (TPSA) is 72.2 Å². The first-order valence-corrected chi connectivity index (χ1v) is 8.40. The molecule has 1 fully saturated rings. The van der Waals surface area contributed by atoms with Gasteiger partial charge in [-0.15, -0.1) is 0 Å². The summed E-state index contributed by atoms with van der Waals surface area (Å²) in [6, 6.07) is 7.56. The van der Waals surface area contributed by atoms with Crippen molar-refractivity contribution in [2.75, 3.05) is 17.2 Å². The third-order valence-electron chi connectivity index (χ3n) is 3.92. The molecule has 0 aromatic heterocycles. The lowest BCUT2D eigenvalue weighted by molar-refractivity contribution is -0.126. The molecule has 3 N–H and O–H groups in total. The molecule has 1 aliphatic heterocycles. The predicted octanol–water partition coefficient (Wildman–Crippen LogP) is 1.57. The van der Waals surface area contributed by atoms with Crippen LogP contribution in [0.15, 0.2) is 24.3 Å². The number of benzene rings is 1. The molecule has 1 aliphatic rings. The van der Waals surface area contributed by atoms with Crippen LogP contribution in [0.25, 0.3) is 0 Å². The Kier molecular flexibility index (Phi) is 4.48. The third-order valence-corrected chi connectivity index (χ3v) is 5.31. The Balaban J connectivity index is 2.03. The lowest BCUT2D eigenvalue weighted by Crippen LogP contribution is -2.47. The van der Waals surface area contributed by atoms with E-state index in [2.05, 4.69) is 5.32 Å². The Hall–Kier alpha value is -1.36. The first-order valence-electron chi connectivity index (χ1n) is 6.91. The van der Waals surface area contributed by atoms with Crippen LogP contribution in [0.2, 0.25) is 0 Å². The molecule has 0 bridgehead atoms. The quantitative estimate of drug-likeness (QED) is 0.831. The first-order chi connectivity index (χ1) is 9.39. The van der Waals surface area contributed by atoms with Crippen molar-refractivity contribution in [1.29, 1.82) is 0 Å². The Morgan fingerprint density at radius 1 is 1.25 bits per heavy atom. The molecule has 0 atom stereocenters. The van der Waals surface area contributed by atoms with Crippen molar-refractivity contribution >= 4 is 22.4 Å². The third kappa shape index (κ3) is 3.39. The van der Waals surface area contributed by atoms with Gasteiger partial charge in [0.25, 0.3) is 0 Å². The summed E-state index contributed by atoms with van der Waals surface area (Å²) in [4.78, 5) is 12.5. The summed E-state index contributed by atoms with van der Waals surface area (Å²) in [6.45, 7) is 3.82. The number of rotatable bonds is 3. The molecule has 1 amide bonds. The molecule has 20 heavy (non-hydrogen) atoms. The van der Waals surface area contributed by atoms with E-state index in [1.54, 1.807) is 0 Å². The maximum Gasteiger partial charge on any atom is 0.230 e. The van der Waals surface area contributed by atoms with E-state index in [0.29, 0.717) is 17.2 Å². The van der Waals surface area contributed by atoms with Crippen LogP contribution in [0.5, 0.6) is 0 Å². The van der Waals surface area contributed by atoms with Gasteiger partial charge in [0.2, 0.25) is 5.91 Å². The van der Waals surface area contributed by atoms with Gasteiger partial charge in [-0.25, -0.2) is 0 Å². The van der Waals surface area contributed by atoms with Crippen molar-refractivity contribution in [2.45, 2.75) is 38.1 Å². The van der Waals surface area contributed by atoms with Gasteiger partial charge < -0.3 is 11.1 Å². The van der Waals surface area contributed by atoms with Crippen LogP contribution in [0.3, 0.4) is 0 Å². The van der Waals surface area contributed by atoms with Crippen molar-refractivity contribution in [2.24, 2.45) is 0 Å². The fourth-order valence-corrected chi connectivity index (χ4v) is 3.63. The Morgan fingerprint density at radius 3 is 2.35 bits per heavy atom. The van der Waals surface area contributed by atoms with E-state index >= 15 is 0 Å². The van der Waals surface area contributed by atoms with Crippen molar-refractivity contribution in [3.8, 4) is 0 Å². The van der Waals surface area contributed by atoms with Gasteiger partial charge in [0.05, 0.1) is 5.41 Å². The standard InChI is InChI=1S/C15H22N2O2S/c1-15(2,11-3-5-12(16)6-4-11)14(18)17-13-7-9-20(19)10-8-13/h3-6,13H,7-10,16H2,1-2H3,(H,17,18). The van der Waals surface area contributed by atoms with Crippen LogP contribution in [0.4, 0.5) is 5.69 Å². The summed E-state index contributed by atoms with van der Waals surface area (Å²) in [7, 11) is -0.701. The molecule has 1 aromatic carbocycles. The molecular weight excluding hydrogens is 272 g/mol. The van der Waals surface area contributed by atoms with Crippen LogP contribution in [0, 0.1) is 0 Å². The summed E-state index contributed by atoms with van der Waals surface area (Å²) in [5.41, 5.74) is 6.73. The minimum atomic E-state index is -0.701. The highest BCUT2D eigenvalue weighted by Gasteiger charge is 2.31. The minimum absolute atomic E-state index is 0.0138. The molecule has 0 saturated carbocycles. The van der Waals surface area contributed by atoms with Gasteiger partial charge in [-0.2, -0.15) is 0 Å². The van der Waals surface area contributed by atoms with E-state index in [0.717, 1.165) is 18.4 Å². The van der Waals surface area contributed by atoms with E-state index in [1.165, 1.54) is 0 Å². The van der Waals surface area contributed by atoms with Crippen molar-refractivity contribution in [3.05, 3.63) is 29.8 Å². The maximum absolute atomic E-state index is 12.5. The number of nitrogens with two attached hydrogens (primary N) is 1. The second kappa shape index (κ2) is 5.95. The Morgan fingerprint density at radius 2 is 1.80 bits per heavy atom. The molecule has 1 saturated heterocycles. The van der Waals surface area contributed by atoms with Gasteiger partial charge >= 0.3 is 0 Å². The van der Waals surface area contributed by atoms with Crippen LogP contribution < -0.4 is 11.1 Å². The smallest absolute Gasteiger partial charge is 0.230 e. The van der Waals surface area contributed by atoms with Gasteiger partial charge in [0.15, 0.2) is 0 Å². The SMILES string of the molecule is CC(C)(C(=O)NC1CCS(=O)CC1)c1ccc(N)cc1. The second-order valence-corrected chi connectivity index (χ2v) is 7.54. The maximum atomic E-state index is 12.5. The van der Waals surface area contributed by atoms with E-state index in [9.17, 15) is 9.00 Å². The van der Waals surface area contributed by atoms with E-state index in [-0.39, 0.29) is 11.9 Å². The summed E-state index contributed by atoms with van der Waals surface area (Å²) < 4.78 is 11.3. The van der Waals surface area contributed by atoms with Crippen LogP contribution in [-0.4, -0.2) is 27.7 Å². The normalized spacial score (nSPS) is 23.3. The first kappa shape index (κ1) is 15.0. The van der Waals surface area contributed by atoms with E-state index in [1.807, 2.05) is 38.1 Å². The molecule has 0 aliphatic carbocycles. The van der Waals surface area contributed by atoms with Crippen LogP contribution >= 0.6 is 0 Å². The van der Waals surface area contributed by atoms with Crippen molar-refractivity contribution < 1.29 is 9.00 Å². The average Bonchev–Trinajstić information content (AvgIpc) is 2.42. The molecule has 0 radical (unpaired) electrons. The lowest BCUT2D eigenvalue weighted by atomic mass is 9.83. The number of carbonyl (C=O) groups excluding carboxylic acids is 1. The zero-order chi connectivity index (χ0) is 14.8. The lowest BCUT2D eigenvalue weighted by Gasteiger charge is -2.29. The Labute approximate surface area is 122 Å². The molecule has 2 rings (SSSR count). The molecule has 1 aromatic rings. The fraction of sp³-hybridized carbons (Fsp3) is 0.533. The summed E-state index contributed by atoms with van der Waals surface area (Å²) >= 11 is 0. The van der Waals surface area contributed by atoms with E-state index in [4.69, 9.17) is 5.73 Å². The van der Waals surface area contributed by atoms with Gasteiger partial charge in [-0.05, 0) is 44.4 Å². The highest BCUT2D eigenvalue weighted by molar-refractivity contribution is 7.85. The predicted molar refractivity (Wildman–Crippen MR) is 82.9 cm³/mol. The Bertz CT molecular complexity index is 501. The number of hydrogen-bond acceptors (Lipinski definition) is 3. The highest BCUT2D eigenvalue weighted by atomic mass is 32.2. The number of nitrogen functional groups attached to an aromatic ring is 1. The van der Waals surface area contributed by atoms with Gasteiger partial charge in [-0.3, -0.25) is 9.00 Å². The minimum Gasteiger partial charge on any atom is -0.399 e. The summed E-state index contributed by atoms with van der Waals surface area (Å²) in [5, 5.41) is 3.09. The van der Waals surface area contributed by atoms with E-state index < -0.39 is 16.2 Å². The number of carbonyl (C=O) groups is 1. The molecule has 0 spiro atoms. The summed E-state index contributed by atoms with van der Waals surface area (Å²) in [6.07, 6.45) is 1.60. The largest absolute Gasteiger partial charge is 0.399 e. The fourth-order valence-electron chi connectivity index (χ4n) is 2.33. The van der Waals surface area contributed by atoms with Gasteiger partial charge in [0.1, 0.15) is 0 Å². The number of amides is 1. The molecule has 5 heteroatoms. The zero-order valence-corrected chi connectivity index (χ0v) is 12.8. The second-order valence-electron chi connectivity index (χ2n) is 5.84. The van der Waals surface area contributed by atoms with Crippen molar-refractivity contribution in [3.63, 3.8) is 0 Å². The van der Waals surface area contributed by atoms with Crippen LogP contribution in [-0.2, 0) is 21.0 Å². The average molecular weight is 294 g/mol. The monoisotopic (exact) mass is 294 g/mol. The van der Waals surface area contributed by atoms with Gasteiger partial charge in [-0.1, -0.05) is 12.1 Å². The van der Waals surface area contributed by atoms with Gasteiger partial charge in [0, 0.05) is 34.0 Å². The number of hydrogen-bond donors (Lipinski definition) is 2. The molecular formula is C15H22N2O2S. The number of nitrogens with one attached hydrogen (secondary N) is 1.